The number of nitrogens with zero attached hydrogens (tertiary/aromatic N) is 1. The Bertz CT molecular complexity index is 286. The van der Waals surface area contributed by atoms with Crippen molar-refractivity contribution in [2.75, 3.05) is 0 Å². The van der Waals surface area contributed by atoms with Crippen LogP contribution in [0.1, 0.15) is 41.5 Å². The quantitative estimate of drug-likeness (QED) is 0.703. The van der Waals surface area contributed by atoms with Gasteiger partial charge in [-0.25, -0.2) is 0 Å². The first kappa shape index (κ1) is 12.2. The van der Waals surface area contributed by atoms with Gasteiger partial charge in [0, 0.05) is 5.54 Å². The van der Waals surface area contributed by atoms with Gasteiger partial charge in [0.25, 0.3) is 0 Å². The van der Waals surface area contributed by atoms with Crippen molar-refractivity contribution in [3.8, 4) is 0 Å². The highest BCUT2D eigenvalue weighted by Crippen LogP contribution is 2.32. The van der Waals surface area contributed by atoms with Crippen molar-refractivity contribution < 1.29 is 9.63 Å². The number of ketones is 1. The summed E-state index contributed by atoms with van der Waals surface area (Å²) >= 11 is 0. The van der Waals surface area contributed by atoms with Crippen LogP contribution >= 0.6 is 0 Å². The summed E-state index contributed by atoms with van der Waals surface area (Å²) < 4.78 is 0. The number of carbonyl (C=O) groups excluding carboxylic acids is 1. The van der Waals surface area contributed by atoms with Crippen molar-refractivity contribution in [1.29, 1.82) is 0 Å². The van der Waals surface area contributed by atoms with E-state index in [1.165, 1.54) is 0 Å². The summed E-state index contributed by atoms with van der Waals surface area (Å²) in [5, 5.41) is 1.91. The molecule has 86 valence electrons. The molecule has 1 aliphatic heterocycles. The fourth-order valence-corrected chi connectivity index (χ4v) is 1.87. The minimum atomic E-state index is -0.0946. The average Bonchev–Trinajstić information content (AvgIpc) is 2.45. The summed E-state index contributed by atoms with van der Waals surface area (Å²) in [4.78, 5) is 17.0. The summed E-state index contributed by atoms with van der Waals surface area (Å²) in [6, 6.07) is 0.0718. The molecule has 1 aliphatic rings. The second-order valence-electron chi connectivity index (χ2n) is 5.42. The molecule has 0 saturated carbocycles. The molecule has 0 radical (unpaired) electrons. The van der Waals surface area contributed by atoms with Crippen molar-refractivity contribution in [2.24, 2.45) is 5.92 Å². The van der Waals surface area contributed by atoms with E-state index in [0.29, 0.717) is 5.92 Å². The molecule has 0 saturated heterocycles. The van der Waals surface area contributed by atoms with E-state index in [-0.39, 0.29) is 17.4 Å². The first-order chi connectivity index (χ1) is 6.75. The van der Waals surface area contributed by atoms with Gasteiger partial charge in [0.2, 0.25) is 0 Å². The molecule has 3 nitrogen and oxygen atoms in total. The smallest absolute Gasteiger partial charge is 0.160 e. The first-order valence-electron chi connectivity index (χ1n) is 5.42. The summed E-state index contributed by atoms with van der Waals surface area (Å²) in [5.41, 5.74) is 0.683. The van der Waals surface area contributed by atoms with E-state index >= 15 is 0 Å². The maximum Gasteiger partial charge on any atom is 0.160 e. The Balaban J connectivity index is 2.96. The standard InChI is InChI=1S/C12H21NO2/c1-8(2)11-10(9(3)14)7-15-13(11)12(4,5)6/h7-8,11H,1-6H3. The molecule has 0 fully saturated rings. The maximum absolute atomic E-state index is 11.5. The van der Waals surface area contributed by atoms with Crippen LogP contribution in [0.3, 0.4) is 0 Å². The van der Waals surface area contributed by atoms with Gasteiger partial charge in [0.15, 0.2) is 5.78 Å². The topological polar surface area (TPSA) is 29.5 Å². The Morgan fingerprint density at radius 2 is 2.00 bits per heavy atom. The van der Waals surface area contributed by atoms with Gasteiger partial charge in [0.1, 0.15) is 6.26 Å². The molecule has 0 aromatic carbocycles. The lowest BCUT2D eigenvalue weighted by Gasteiger charge is -2.37. The van der Waals surface area contributed by atoms with Crippen LogP contribution < -0.4 is 0 Å². The zero-order valence-corrected chi connectivity index (χ0v) is 10.5. The summed E-state index contributed by atoms with van der Waals surface area (Å²) in [5.74, 6) is 0.460. The number of hydrogen-bond acceptors (Lipinski definition) is 3. The van der Waals surface area contributed by atoms with Gasteiger partial charge in [-0.05, 0) is 33.6 Å². The van der Waals surface area contributed by atoms with Crippen LogP contribution in [0.15, 0.2) is 11.8 Å². The van der Waals surface area contributed by atoms with Crippen LogP contribution in [-0.2, 0) is 9.63 Å². The molecule has 0 amide bonds. The van der Waals surface area contributed by atoms with E-state index in [9.17, 15) is 4.79 Å². The summed E-state index contributed by atoms with van der Waals surface area (Å²) in [6.07, 6.45) is 1.60. The van der Waals surface area contributed by atoms with Crippen molar-refractivity contribution in [3.05, 3.63) is 11.8 Å². The van der Waals surface area contributed by atoms with Crippen LogP contribution in [0.4, 0.5) is 0 Å². The highest BCUT2D eigenvalue weighted by Gasteiger charge is 2.40. The second kappa shape index (κ2) is 3.97. The minimum absolute atomic E-state index is 0.0718. The summed E-state index contributed by atoms with van der Waals surface area (Å²) in [7, 11) is 0. The lowest BCUT2D eigenvalue weighted by atomic mass is 9.92. The molecule has 0 spiro atoms. The predicted molar refractivity (Wildman–Crippen MR) is 60.1 cm³/mol. The molecular formula is C12H21NO2. The number of carbonyl (C=O) groups is 1. The van der Waals surface area contributed by atoms with Gasteiger partial charge in [-0.2, -0.15) is 0 Å². The lowest BCUT2D eigenvalue weighted by Crippen LogP contribution is -2.47. The molecule has 0 N–H and O–H groups in total. The van der Waals surface area contributed by atoms with Gasteiger partial charge >= 0.3 is 0 Å². The van der Waals surface area contributed by atoms with Crippen molar-refractivity contribution in [1.82, 2.24) is 5.06 Å². The fraction of sp³-hybridized carbons (Fsp3) is 0.750. The third-order valence-electron chi connectivity index (χ3n) is 2.56. The van der Waals surface area contributed by atoms with Gasteiger partial charge in [-0.3, -0.25) is 4.79 Å². The summed E-state index contributed by atoms with van der Waals surface area (Å²) in [6.45, 7) is 12.1. The molecule has 15 heavy (non-hydrogen) atoms. The zero-order valence-electron chi connectivity index (χ0n) is 10.5. The van der Waals surface area contributed by atoms with Crippen LogP contribution in [0.2, 0.25) is 0 Å². The Labute approximate surface area is 92.0 Å². The minimum Gasteiger partial charge on any atom is -0.412 e. The van der Waals surface area contributed by atoms with E-state index in [2.05, 4.69) is 34.6 Å². The third-order valence-corrected chi connectivity index (χ3v) is 2.56. The maximum atomic E-state index is 11.5. The predicted octanol–water partition coefficient (Wildman–Crippen LogP) is 2.53. The number of hydrogen-bond donors (Lipinski definition) is 0. The fourth-order valence-electron chi connectivity index (χ4n) is 1.87. The van der Waals surface area contributed by atoms with E-state index in [1.807, 2.05) is 5.06 Å². The molecule has 0 aromatic rings. The second-order valence-corrected chi connectivity index (χ2v) is 5.42. The molecule has 3 heteroatoms. The average molecular weight is 211 g/mol. The number of rotatable bonds is 2. The lowest BCUT2D eigenvalue weighted by molar-refractivity contribution is -0.174. The Hall–Kier alpha value is -0.830. The molecule has 1 atom stereocenters. The zero-order chi connectivity index (χ0) is 11.8. The van der Waals surface area contributed by atoms with Crippen LogP contribution in [0, 0.1) is 5.92 Å². The molecule has 1 unspecified atom stereocenters. The highest BCUT2D eigenvalue weighted by molar-refractivity contribution is 5.94. The molecule has 1 heterocycles. The molecule has 1 rings (SSSR count). The van der Waals surface area contributed by atoms with E-state index in [1.54, 1.807) is 13.2 Å². The molecular weight excluding hydrogens is 190 g/mol. The highest BCUT2D eigenvalue weighted by atomic mass is 16.7. The van der Waals surface area contributed by atoms with E-state index < -0.39 is 0 Å². The third kappa shape index (κ3) is 2.40. The molecule has 0 aliphatic carbocycles. The van der Waals surface area contributed by atoms with Crippen molar-refractivity contribution >= 4 is 5.78 Å². The van der Waals surface area contributed by atoms with Crippen molar-refractivity contribution in [2.45, 2.75) is 53.1 Å². The van der Waals surface area contributed by atoms with E-state index in [0.717, 1.165) is 5.57 Å². The van der Waals surface area contributed by atoms with Gasteiger partial charge < -0.3 is 4.84 Å². The molecule has 0 bridgehead atoms. The SMILES string of the molecule is CC(=O)C1=CON(C(C)(C)C)C1C(C)C. The normalized spacial score (nSPS) is 22.9. The van der Waals surface area contributed by atoms with Crippen LogP contribution in [0.5, 0.6) is 0 Å². The molecule has 0 aromatic heterocycles. The van der Waals surface area contributed by atoms with Gasteiger partial charge in [-0.1, -0.05) is 13.8 Å². The van der Waals surface area contributed by atoms with Crippen LogP contribution in [-0.4, -0.2) is 22.4 Å². The van der Waals surface area contributed by atoms with Gasteiger partial charge in [0.05, 0.1) is 11.6 Å². The largest absolute Gasteiger partial charge is 0.412 e. The monoisotopic (exact) mass is 211 g/mol. The Kier molecular flexibility index (Phi) is 3.24. The van der Waals surface area contributed by atoms with E-state index in [4.69, 9.17) is 4.84 Å². The number of Topliss-reactive ketones (excluding diaryl/α,β-unsaturated/α-hetero) is 1. The van der Waals surface area contributed by atoms with Crippen molar-refractivity contribution in [3.63, 3.8) is 0 Å². The number of hydroxylamine groups is 2. The Morgan fingerprint density at radius 3 is 2.33 bits per heavy atom. The van der Waals surface area contributed by atoms with Gasteiger partial charge in [-0.15, -0.1) is 5.06 Å². The Morgan fingerprint density at radius 1 is 1.47 bits per heavy atom. The first-order valence-corrected chi connectivity index (χ1v) is 5.42. The van der Waals surface area contributed by atoms with Crippen LogP contribution in [0.25, 0.3) is 0 Å².